The second kappa shape index (κ2) is 10.0. The van der Waals surface area contributed by atoms with Crippen LogP contribution in [-0.4, -0.2) is 38.3 Å². The lowest BCUT2D eigenvalue weighted by Crippen LogP contribution is -2.36. The highest BCUT2D eigenvalue weighted by molar-refractivity contribution is 7.89. The number of sulfonamides is 1. The molecule has 0 saturated carbocycles. The molecule has 0 aromatic heterocycles. The number of aliphatic imine (C=N–C) groups is 1. The predicted molar refractivity (Wildman–Crippen MR) is 117 cm³/mol. The molecule has 0 spiro atoms. The topological polar surface area (TPSA) is 73.8 Å². The molecule has 0 atom stereocenters. The van der Waals surface area contributed by atoms with Gasteiger partial charge in [-0.05, 0) is 61.6 Å². The molecule has 8 heteroatoms. The van der Waals surface area contributed by atoms with E-state index in [1.165, 1.54) is 6.07 Å². The Morgan fingerprint density at radius 2 is 1.73 bits per heavy atom. The van der Waals surface area contributed by atoms with Crippen molar-refractivity contribution >= 4 is 16.0 Å². The van der Waals surface area contributed by atoms with E-state index in [4.69, 9.17) is 0 Å². The summed E-state index contributed by atoms with van der Waals surface area (Å²) >= 11 is 0. The zero-order valence-corrected chi connectivity index (χ0v) is 18.3. The zero-order valence-electron chi connectivity index (χ0n) is 17.5. The summed E-state index contributed by atoms with van der Waals surface area (Å²) in [6.45, 7) is 6.57. The van der Waals surface area contributed by atoms with Gasteiger partial charge in [-0.3, -0.25) is 0 Å². The normalized spacial score (nSPS) is 15.4. The molecule has 1 aliphatic heterocycles. The van der Waals surface area contributed by atoms with Gasteiger partial charge in [0.2, 0.25) is 10.0 Å². The van der Waals surface area contributed by atoms with E-state index >= 15 is 0 Å². The Kier molecular flexibility index (Phi) is 7.44. The minimum atomic E-state index is -3.39. The second-order valence-electron chi connectivity index (χ2n) is 7.39. The molecule has 1 saturated heterocycles. The third-order valence-electron chi connectivity index (χ3n) is 5.07. The van der Waals surface area contributed by atoms with Crippen molar-refractivity contribution in [2.45, 2.75) is 44.7 Å². The van der Waals surface area contributed by atoms with Crippen LogP contribution >= 0.6 is 0 Å². The number of nitrogens with zero attached hydrogens (tertiary/aromatic N) is 2. The Morgan fingerprint density at radius 3 is 2.37 bits per heavy atom. The van der Waals surface area contributed by atoms with E-state index in [9.17, 15) is 12.8 Å². The first-order valence-electron chi connectivity index (χ1n) is 10.3. The first-order valence-corrected chi connectivity index (χ1v) is 11.7. The molecule has 2 aromatic carbocycles. The summed E-state index contributed by atoms with van der Waals surface area (Å²) in [6, 6.07) is 12.0. The van der Waals surface area contributed by atoms with Crippen molar-refractivity contribution in [2.24, 2.45) is 4.99 Å². The average Bonchev–Trinajstić information content (AvgIpc) is 3.29. The van der Waals surface area contributed by atoms with Gasteiger partial charge >= 0.3 is 0 Å². The Hall–Kier alpha value is -2.45. The second-order valence-corrected chi connectivity index (χ2v) is 9.33. The largest absolute Gasteiger partial charge is 0.357 e. The minimum absolute atomic E-state index is 0.219. The molecule has 6 nitrogen and oxygen atoms in total. The summed E-state index contributed by atoms with van der Waals surface area (Å²) in [5.41, 5.74) is 2.49. The molecule has 1 aliphatic rings. The molecule has 0 unspecified atom stereocenters. The molecule has 0 amide bonds. The molecule has 1 heterocycles. The Labute approximate surface area is 178 Å². The molecule has 0 bridgehead atoms. The molecule has 2 aromatic rings. The van der Waals surface area contributed by atoms with Gasteiger partial charge in [-0.25, -0.2) is 17.8 Å². The number of benzene rings is 2. The van der Waals surface area contributed by atoms with E-state index in [1.807, 2.05) is 19.1 Å². The third kappa shape index (κ3) is 5.58. The van der Waals surface area contributed by atoms with E-state index in [1.54, 1.807) is 35.5 Å². The van der Waals surface area contributed by atoms with Crippen LogP contribution < -0.4 is 10.6 Å². The van der Waals surface area contributed by atoms with Gasteiger partial charge in [-0.2, -0.15) is 4.31 Å². The molecular formula is C22H29FN4O2S. The van der Waals surface area contributed by atoms with Crippen LogP contribution in [0.1, 0.15) is 36.5 Å². The fourth-order valence-corrected chi connectivity index (χ4v) is 4.88. The number of hydrogen-bond acceptors (Lipinski definition) is 3. The van der Waals surface area contributed by atoms with Gasteiger partial charge in [-0.15, -0.1) is 0 Å². The summed E-state index contributed by atoms with van der Waals surface area (Å²) in [4.78, 5) is 4.88. The summed E-state index contributed by atoms with van der Waals surface area (Å²) in [5, 5.41) is 6.44. The first-order chi connectivity index (χ1) is 14.4. The van der Waals surface area contributed by atoms with Crippen LogP contribution in [-0.2, 0) is 23.1 Å². The molecule has 2 N–H and O–H groups in total. The molecule has 0 aliphatic carbocycles. The Balaban J connectivity index is 1.62. The van der Waals surface area contributed by atoms with Crippen molar-refractivity contribution in [1.82, 2.24) is 14.9 Å². The van der Waals surface area contributed by atoms with Crippen LogP contribution in [0.5, 0.6) is 0 Å². The standard InChI is InChI=1S/C22H29FN4O2S/c1-3-24-22(26-16-19-8-11-21(23)17(2)14-19)25-15-18-6-9-20(10-7-18)30(28,29)27-12-4-5-13-27/h6-11,14H,3-5,12-13,15-16H2,1-2H3,(H2,24,25,26). The van der Waals surface area contributed by atoms with Crippen molar-refractivity contribution in [2.75, 3.05) is 19.6 Å². The van der Waals surface area contributed by atoms with Crippen LogP contribution in [0, 0.1) is 12.7 Å². The van der Waals surface area contributed by atoms with Crippen molar-refractivity contribution in [3.05, 3.63) is 65.0 Å². The summed E-state index contributed by atoms with van der Waals surface area (Å²) in [6.07, 6.45) is 1.84. The van der Waals surface area contributed by atoms with Crippen molar-refractivity contribution in [3.63, 3.8) is 0 Å². The van der Waals surface area contributed by atoms with Crippen molar-refractivity contribution in [3.8, 4) is 0 Å². The molecule has 30 heavy (non-hydrogen) atoms. The maximum atomic E-state index is 13.4. The quantitative estimate of drug-likeness (QED) is 0.521. The highest BCUT2D eigenvalue weighted by Gasteiger charge is 2.26. The molecule has 1 fully saturated rings. The van der Waals surface area contributed by atoms with Crippen LogP contribution in [0.15, 0.2) is 52.4 Å². The molecule has 0 radical (unpaired) electrons. The zero-order chi connectivity index (χ0) is 21.6. The minimum Gasteiger partial charge on any atom is -0.357 e. The molecule has 162 valence electrons. The van der Waals surface area contributed by atoms with Crippen LogP contribution in [0.4, 0.5) is 4.39 Å². The third-order valence-corrected chi connectivity index (χ3v) is 6.99. The number of nitrogens with one attached hydrogen (secondary N) is 2. The van der Waals surface area contributed by atoms with E-state index in [0.717, 1.165) is 24.0 Å². The summed E-state index contributed by atoms with van der Waals surface area (Å²) in [5.74, 6) is 0.427. The van der Waals surface area contributed by atoms with Gasteiger partial charge in [0, 0.05) is 26.2 Å². The van der Waals surface area contributed by atoms with Crippen LogP contribution in [0.3, 0.4) is 0 Å². The monoisotopic (exact) mass is 432 g/mol. The van der Waals surface area contributed by atoms with Gasteiger partial charge < -0.3 is 10.6 Å². The highest BCUT2D eigenvalue weighted by Crippen LogP contribution is 2.21. The fourth-order valence-electron chi connectivity index (χ4n) is 3.36. The highest BCUT2D eigenvalue weighted by atomic mass is 32.2. The lowest BCUT2D eigenvalue weighted by Gasteiger charge is -2.16. The van der Waals surface area contributed by atoms with Gasteiger partial charge in [0.05, 0.1) is 11.4 Å². The maximum absolute atomic E-state index is 13.4. The average molecular weight is 433 g/mol. The Morgan fingerprint density at radius 1 is 1.07 bits per heavy atom. The number of guanidine groups is 1. The lowest BCUT2D eigenvalue weighted by atomic mass is 10.1. The number of hydrogen-bond donors (Lipinski definition) is 2. The van der Waals surface area contributed by atoms with Crippen LogP contribution in [0.25, 0.3) is 0 Å². The van der Waals surface area contributed by atoms with Gasteiger partial charge in [-0.1, -0.05) is 24.3 Å². The van der Waals surface area contributed by atoms with Gasteiger partial charge in [0.25, 0.3) is 0 Å². The van der Waals surface area contributed by atoms with Gasteiger partial charge in [0.15, 0.2) is 5.96 Å². The summed E-state index contributed by atoms with van der Waals surface area (Å²) < 4.78 is 40.2. The molecule has 3 rings (SSSR count). The fraction of sp³-hybridized carbons (Fsp3) is 0.409. The number of rotatable bonds is 7. The van der Waals surface area contributed by atoms with E-state index in [2.05, 4.69) is 15.6 Å². The smallest absolute Gasteiger partial charge is 0.243 e. The number of aryl methyl sites for hydroxylation is 1. The van der Waals surface area contributed by atoms with Gasteiger partial charge in [0.1, 0.15) is 5.82 Å². The van der Waals surface area contributed by atoms with E-state index < -0.39 is 10.0 Å². The van der Waals surface area contributed by atoms with Crippen LogP contribution in [0.2, 0.25) is 0 Å². The predicted octanol–water partition coefficient (Wildman–Crippen LogP) is 3.17. The van der Waals surface area contributed by atoms with Crippen molar-refractivity contribution in [1.29, 1.82) is 0 Å². The van der Waals surface area contributed by atoms with E-state index in [0.29, 0.717) is 49.1 Å². The lowest BCUT2D eigenvalue weighted by molar-refractivity contribution is 0.477. The number of halogens is 1. The first kappa shape index (κ1) is 22.2. The van der Waals surface area contributed by atoms with Crippen molar-refractivity contribution < 1.29 is 12.8 Å². The SMILES string of the molecule is CCNC(=NCc1ccc(F)c(C)c1)NCc1ccc(S(=O)(=O)N2CCCC2)cc1. The van der Waals surface area contributed by atoms with E-state index in [-0.39, 0.29) is 5.82 Å². The maximum Gasteiger partial charge on any atom is 0.243 e. The summed E-state index contributed by atoms with van der Waals surface area (Å²) in [7, 11) is -3.39. The Bertz CT molecular complexity index is 985. The molecular weight excluding hydrogens is 403 g/mol.